The Morgan fingerprint density at radius 1 is 1.07 bits per heavy atom. The Bertz CT molecular complexity index is 333. The van der Waals surface area contributed by atoms with Gasteiger partial charge in [0.2, 0.25) is 0 Å². The van der Waals surface area contributed by atoms with Crippen molar-refractivity contribution in [2.45, 2.75) is 33.5 Å². The zero-order chi connectivity index (χ0) is 11.1. The van der Waals surface area contributed by atoms with E-state index in [-0.39, 0.29) is 5.41 Å². The lowest BCUT2D eigenvalue weighted by atomic mass is 9.75. The minimum Gasteiger partial charge on any atom is -0.189 e. The van der Waals surface area contributed by atoms with Crippen LogP contribution in [0, 0.1) is 11.3 Å². The molecule has 1 atom stereocenters. The summed E-state index contributed by atoms with van der Waals surface area (Å²) in [5, 5.41) is 0. The van der Waals surface area contributed by atoms with Crippen molar-refractivity contribution in [1.29, 1.82) is 0 Å². The molecule has 0 bridgehead atoms. The van der Waals surface area contributed by atoms with Crippen molar-refractivity contribution in [2.24, 2.45) is 11.3 Å². The van der Waals surface area contributed by atoms with E-state index in [0.717, 1.165) is 5.56 Å². The lowest BCUT2D eigenvalue weighted by molar-refractivity contribution is 0.0850. The molecule has 0 saturated carbocycles. The summed E-state index contributed by atoms with van der Waals surface area (Å²) in [5.41, 5.74) is 1.26. The maximum Gasteiger partial charge on any atom is 0.262 e. The number of hydrogen-bond acceptors (Lipinski definition) is 2. The van der Waals surface area contributed by atoms with Gasteiger partial charge in [0.05, 0.1) is 0 Å². The molecule has 82 valence electrons. The van der Waals surface area contributed by atoms with Gasteiger partial charge in [0.1, 0.15) is 0 Å². The lowest BCUT2D eigenvalue weighted by Crippen LogP contribution is -2.30. The van der Waals surface area contributed by atoms with Crippen LogP contribution in [0.5, 0.6) is 0 Å². The molecular weight excluding hydrogens is 188 g/mol. The van der Waals surface area contributed by atoms with Crippen LogP contribution in [0.2, 0.25) is 0 Å². The average molecular weight is 206 g/mol. The van der Waals surface area contributed by atoms with Crippen LogP contribution in [0.4, 0.5) is 0 Å². The lowest BCUT2D eigenvalue weighted by Gasteiger charge is -2.29. The molecule has 0 aliphatic carbocycles. The summed E-state index contributed by atoms with van der Waals surface area (Å²) in [5.74, 6) is -0.202. The molecule has 2 heteroatoms. The zero-order valence-corrected chi connectivity index (χ0v) is 9.78. The van der Waals surface area contributed by atoms with Gasteiger partial charge in [-0.2, -0.15) is 9.78 Å². The van der Waals surface area contributed by atoms with Gasteiger partial charge < -0.3 is 0 Å². The Kier molecular flexibility index (Phi) is 2.36. The molecule has 15 heavy (non-hydrogen) atoms. The average Bonchev–Trinajstić information content (AvgIpc) is 2.97. The van der Waals surface area contributed by atoms with E-state index in [4.69, 9.17) is 9.78 Å². The molecule has 0 N–H and O–H groups in total. The fraction of sp³-hybridized carbons (Fsp3) is 0.538. The van der Waals surface area contributed by atoms with Crippen molar-refractivity contribution in [2.75, 3.05) is 0 Å². The first-order chi connectivity index (χ1) is 6.97. The summed E-state index contributed by atoms with van der Waals surface area (Å²) in [7, 11) is 0. The second-order valence-electron chi connectivity index (χ2n) is 5.29. The zero-order valence-electron chi connectivity index (χ0n) is 9.78. The Balaban J connectivity index is 2.29. The van der Waals surface area contributed by atoms with Crippen LogP contribution < -0.4 is 0 Å². The number of rotatable bonds is 2. The van der Waals surface area contributed by atoms with Gasteiger partial charge in [-0.05, 0) is 5.41 Å². The highest BCUT2D eigenvalue weighted by atomic mass is 17.4. The highest BCUT2D eigenvalue weighted by Gasteiger charge is 2.58. The molecule has 1 saturated heterocycles. The first-order valence-corrected chi connectivity index (χ1v) is 5.39. The summed E-state index contributed by atoms with van der Waals surface area (Å²) in [6.07, 6.45) is 0. The maximum absolute atomic E-state index is 5.27. The summed E-state index contributed by atoms with van der Waals surface area (Å²) >= 11 is 0. The van der Waals surface area contributed by atoms with Gasteiger partial charge in [0.25, 0.3) is 5.79 Å². The Hall–Kier alpha value is -0.860. The molecular formula is C13H18O2. The number of benzene rings is 1. The van der Waals surface area contributed by atoms with Gasteiger partial charge >= 0.3 is 0 Å². The van der Waals surface area contributed by atoms with Crippen molar-refractivity contribution in [3.63, 3.8) is 0 Å². The smallest absolute Gasteiger partial charge is 0.189 e. The van der Waals surface area contributed by atoms with Crippen LogP contribution in [0.1, 0.15) is 33.3 Å². The summed E-state index contributed by atoms with van der Waals surface area (Å²) in [6.45, 7) is 8.77. The Labute approximate surface area is 91.1 Å². The van der Waals surface area contributed by atoms with Crippen LogP contribution in [-0.2, 0) is 15.6 Å². The molecule has 1 unspecified atom stereocenters. The summed E-state index contributed by atoms with van der Waals surface area (Å²) in [6, 6.07) is 10.1. The molecule has 2 nitrogen and oxygen atoms in total. The van der Waals surface area contributed by atoms with Gasteiger partial charge in [-0.15, -0.1) is 0 Å². The molecule has 0 spiro atoms. The minimum absolute atomic E-state index is 0.159. The number of hydrogen-bond donors (Lipinski definition) is 0. The van der Waals surface area contributed by atoms with E-state index < -0.39 is 5.79 Å². The fourth-order valence-electron chi connectivity index (χ4n) is 1.78. The standard InChI is InChI=1S/C13H18O2/c1-10(12(2,3)4)13(14-15-13)11-8-6-5-7-9-11/h5-10H,1-4H3. The molecule has 1 aromatic carbocycles. The first-order valence-electron chi connectivity index (χ1n) is 5.39. The molecule has 0 aromatic heterocycles. The van der Waals surface area contributed by atoms with Crippen LogP contribution in [0.25, 0.3) is 0 Å². The topological polar surface area (TPSA) is 25.1 Å². The van der Waals surface area contributed by atoms with Gasteiger partial charge in [-0.3, -0.25) is 0 Å². The Morgan fingerprint density at radius 2 is 1.60 bits per heavy atom. The Morgan fingerprint density at radius 3 is 2.00 bits per heavy atom. The molecule has 1 aliphatic heterocycles. The molecule has 0 amide bonds. The van der Waals surface area contributed by atoms with Crippen molar-refractivity contribution in [3.8, 4) is 0 Å². The monoisotopic (exact) mass is 206 g/mol. The third kappa shape index (κ3) is 1.80. The maximum atomic E-state index is 5.27. The minimum atomic E-state index is -0.514. The van der Waals surface area contributed by atoms with Crippen LogP contribution in [0.15, 0.2) is 30.3 Å². The predicted molar refractivity (Wildman–Crippen MR) is 58.9 cm³/mol. The quantitative estimate of drug-likeness (QED) is 0.546. The largest absolute Gasteiger partial charge is 0.262 e. The van der Waals surface area contributed by atoms with Crippen LogP contribution in [0.3, 0.4) is 0 Å². The highest BCUT2D eigenvalue weighted by molar-refractivity contribution is 5.23. The van der Waals surface area contributed by atoms with E-state index in [2.05, 4.69) is 39.8 Å². The molecule has 1 heterocycles. The highest BCUT2D eigenvalue weighted by Crippen LogP contribution is 2.52. The fourth-order valence-corrected chi connectivity index (χ4v) is 1.78. The molecule has 1 aromatic rings. The predicted octanol–water partition coefficient (Wildman–Crippen LogP) is 3.48. The third-order valence-corrected chi connectivity index (χ3v) is 3.31. The van der Waals surface area contributed by atoms with Crippen molar-refractivity contribution in [3.05, 3.63) is 35.9 Å². The normalized spacial score (nSPS) is 21.1. The van der Waals surface area contributed by atoms with E-state index in [9.17, 15) is 0 Å². The van der Waals surface area contributed by atoms with Crippen LogP contribution >= 0.6 is 0 Å². The molecule has 2 rings (SSSR count). The second kappa shape index (κ2) is 3.32. The summed E-state index contributed by atoms with van der Waals surface area (Å²) < 4.78 is 0. The first kappa shape index (κ1) is 10.7. The van der Waals surface area contributed by atoms with Crippen molar-refractivity contribution >= 4 is 0 Å². The van der Waals surface area contributed by atoms with Gasteiger partial charge in [0, 0.05) is 11.5 Å². The van der Waals surface area contributed by atoms with Crippen LogP contribution in [-0.4, -0.2) is 0 Å². The van der Waals surface area contributed by atoms with Gasteiger partial charge in [-0.1, -0.05) is 58.0 Å². The SMILES string of the molecule is CC(C(C)(C)C)C1(c2ccccc2)OO1. The van der Waals surface area contributed by atoms with E-state index in [0.29, 0.717) is 5.92 Å². The third-order valence-electron chi connectivity index (χ3n) is 3.31. The molecule has 1 aliphatic rings. The van der Waals surface area contributed by atoms with E-state index in [1.54, 1.807) is 0 Å². The van der Waals surface area contributed by atoms with Gasteiger partial charge in [-0.25, -0.2) is 0 Å². The van der Waals surface area contributed by atoms with E-state index in [1.807, 2.05) is 18.2 Å². The molecule has 1 fully saturated rings. The van der Waals surface area contributed by atoms with Crippen molar-refractivity contribution < 1.29 is 9.78 Å². The van der Waals surface area contributed by atoms with Crippen molar-refractivity contribution in [1.82, 2.24) is 0 Å². The molecule has 0 radical (unpaired) electrons. The second-order valence-corrected chi connectivity index (χ2v) is 5.29. The van der Waals surface area contributed by atoms with Gasteiger partial charge in [0.15, 0.2) is 0 Å². The summed E-state index contributed by atoms with van der Waals surface area (Å²) in [4.78, 5) is 10.5. The van der Waals surface area contributed by atoms with E-state index >= 15 is 0 Å². The van der Waals surface area contributed by atoms with E-state index in [1.165, 1.54) is 0 Å².